The number of aromatic nitrogens is 1. The summed E-state index contributed by atoms with van der Waals surface area (Å²) in [7, 11) is 0. The highest BCUT2D eigenvalue weighted by molar-refractivity contribution is 5.85. The van der Waals surface area contributed by atoms with Gasteiger partial charge in [-0.1, -0.05) is 30.3 Å². The highest BCUT2D eigenvalue weighted by atomic mass is 35.5. The van der Waals surface area contributed by atoms with Gasteiger partial charge in [-0.3, -0.25) is 4.79 Å². The van der Waals surface area contributed by atoms with Gasteiger partial charge in [-0.15, -0.1) is 24.8 Å². The lowest BCUT2D eigenvalue weighted by Crippen LogP contribution is -2.42. The van der Waals surface area contributed by atoms with Gasteiger partial charge in [-0.25, -0.2) is 4.98 Å². The summed E-state index contributed by atoms with van der Waals surface area (Å²) in [4.78, 5) is 18.9. The first kappa shape index (κ1) is 23.5. The van der Waals surface area contributed by atoms with E-state index >= 15 is 0 Å². The molecule has 5 nitrogen and oxygen atoms in total. The molecule has 2 aromatic rings. The smallest absolute Gasteiger partial charge is 0.223 e. The summed E-state index contributed by atoms with van der Waals surface area (Å²) in [6.07, 6.45) is 2.98. The molecule has 1 aromatic carbocycles. The number of halogens is 2. The number of likely N-dealkylation sites (tertiary alicyclic amines) is 1. The zero-order valence-electron chi connectivity index (χ0n) is 15.9. The molecular formula is C20H29Cl2N3O2. The first-order valence-electron chi connectivity index (χ1n) is 9.09. The number of amides is 1. The van der Waals surface area contributed by atoms with Crippen LogP contribution in [0.5, 0.6) is 0 Å². The molecule has 0 aliphatic carbocycles. The molecule has 1 atom stereocenters. The third-order valence-corrected chi connectivity index (χ3v) is 5.07. The van der Waals surface area contributed by atoms with Crippen LogP contribution >= 0.6 is 24.8 Å². The molecule has 3 rings (SSSR count). The lowest BCUT2D eigenvalue weighted by Gasteiger charge is -2.33. The summed E-state index contributed by atoms with van der Waals surface area (Å²) >= 11 is 0. The first-order valence-corrected chi connectivity index (χ1v) is 9.09. The van der Waals surface area contributed by atoms with Crippen molar-refractivity contribution in [1.82, 2.24) is 9.88 Å². The monoisotopic (exact) mass is 413 g/mol. The topological polar surface area (TPSA) is 72.4 Å². The van der Waals surface area contributed by atoms with Crippen molar-refractivity contribution in [3.63, 3.8) is 0 Å². The van der Waals surface area contributed by atoms with Crippen LogP contribution in [0.15, 0.2) is 34.7 Å². The summed E-state index contributed by atoms with van der Waals surface area (Å²) in [5.74, 6) is 2.14. The quantitative estimate of drug-likeness (QED) is 0.803. The Morgan fingerprint density at radius 1 is 1.26 bits per heavy atom. The van der Waals surface area contributed by atoms with Gasteiger partial charge in [0.2, 0.25) is 5.91 Å². The molecule has 27 heavy (non-hydrogen) atoms. The van der Waals surface area contributed by atoms with Crippen LogP contribution in [0.3, 0.4) is 0 Å². The largest absolute Gasteiger partial charge is 0.440 e. The van der Waals surface area contributed by atoms with Gasteiger partial charge >= 0.3 is 0 Å². The highest BCUT2D eigenvalue weighted by Crippen LogP contribution is 2.25. The number of hydrogen-bond donors (Lipinski definition) is 1. The van der Waals surface area contributed by atoms with E-state index in [0.717, 1.165) is 42.9 Å². The van der Waals surface area contributed by atoms with Crippen molar-refractivity contribution in [2.75, 3.05) is 13.1 Å². The lowest BCUT2D eigenvalue weighted by molar-refractivity contribution is -0.132. The zero-order chi connectivity index (χ0) is 17.8. The van der Waals surface area contributed by atoms with E-state index in [1.807, 2.05) is 42.2 Å². The number of piperidine rings is 1. The molecule has 1 aliphatic rings. The SMILES string of the molecule is Cc1nc(CCC(=O)N2CCC(C(C)N)CC2)oc1-c1ccccc1.Cl.Cl. The molecule has 2 heterocycles. The molecule has 1 amide bonds. The number of rotatable bonds is 5. The molecule has 1 aliphatic heterocycles. The third-order valence-electron chi connectivity index (χ3n) is 5.07. The minimum atomic E-state index is 0. The minimum Gasteiger partial charge on any atom is -0.440 e. The van der Waals surface area contributed by atoms with E-state index < -0.39 is 0 Å². The van der Waals surface area contributed by atoms with Crippen molar-refractivity contribution in [3.05, 3.63) is 41.9 Å². The molecule has 1 unspecified atom stereocenters. The van der Waals surface area contributed by atoms with Gasteiger partial charge in [-0.2, -0.15) is 0 Å². The van der Waals surface area contributed by atoms with Gasteiger partial charge < -0.3 is 15.1 Å². The lowest BCUT2D eigenvalue weighted by atomic mass is 9.91. The van der Waals surface area contributed by atoms with E-state index in [0.29, 0.717) is 24.7 Å². The van der Waals surface area contributed by atoms with Crippen LogP contribution < -0.4 is 5.73 Å². The summed E-state index contributed by atoms with van der Waals surface area (Å²) < 4.78 is 5.89. The van der Waals surface area contributed by atoms with Crippen LogP contribution in [0.4, 0.5) is 0 Å². The Morgan fingerprint density at radius 2 is 1.89 bits per heavy atom. The van der Waals surface area contributed by atoms with E-state index in [1.165, 1.54) is 0 Å². The summed E-state index contributed by atoms with van der Waals surface area (Å²) in [6.45, 7) is 5.61. The van der Waals surface area contributed by atoms with Gasteiger partial charge in [0.05, 0.1) is 5.69 Å². The Balaban J connectivity index is 0.00000182. The van der Waals surface area contributed by atoms with Crippen molar-refractivity contribution in [2.24, 2.45) is 11.7 Å². The van der Waals surface area contributed by atoms with E-state index in [2.05, 4.69) is 11.9 Å². The van der Waals surface area contributed by atoms with E-state index in [9.17, 15) is 4.79 Å². The predicted octanol–water partition coefficient (Wildman–Crippen LogP) is 4.01. The van der Waals surface area contributed by atoms with Gasteiger partial charge in [0.1, 0.15) is 0 Å². The average Bonchev–Trinajstić information content (AvgIpc) is 3.01. The molecule has 0 saturated carbocycles. The van der Waals surface area contributed by atoms with Gasteiger partial charge in [0.15, 0.2) is 11.7 Å². The van der Waals surface area contributed by atoms with E-state index in [-0.39, 0.29) is 36.8 Å². The second-order valence-electron chi connectivity index (χ2n) is 6.97. The van der Waals surface area contributed by atoms with Crippen LogP contribution in [-0.4, -0.2) is 34.9 Å². The molecule has 1 fully saturated rings. The van der Waals surface area contributed by atoms with Crippen LogP contribution in [-0.2, 0) is 11.2 Å². The van der Waals surface area contributed by atoms with Crippen molar-refractivity contribution >= 4 is 30.7 Å². The Labute approximate surface area is 173 Å². The fourth-order valence-corrected chi connectivity index (χ4v) is 3.46. The summed E-state index contributed by atoms with van der Waals surface area (Å²) in [5, 5.41) is 0. The number of nitrogens with two attached hydrogens (primary N) is 1. The Kier molecular flexibility index (Phi) is 9.30. The molecule has 0 bridgehead atoms. The molecule has 150 valence electrons. The fourth-order valence-electron chi connectivity index (χ4n) is 3.46. The Hall–Kier alpha value is -1.56. The maximum Gasteiger partial charge on any atom is 0.223 e. The van der Waals surface area contributed by atoms with E-state index in [1.54, 1.807) is 0 Å². The van der Waals surface area contributed by atoms with Crippen LogP contribution in [0, 0.1) is 12.8 Å². The number of hydrogen-bond acceptors (Lipinski definition) is 4. The zero-order valence-corrected chi connectivity index (χ0v) is 17.5. The van der Waals surface area contributed by atoms with Crippen LogP contribution in [0.2, 0.25) is 0 Å². The number of aryl methyl sites for hydroxylation is 2. The van der Waals surface area contributed by atoms with Crippen molar-refractivity contribution in [3.8, 4) is 11.3 Å². The van der Waals surface area contributed by atoms with Crippen molar-refractivity contribution in [2.45, 2.75) is 45.6 Å². The van der Waals surface area contributed by atoms with Gasteiger partial charge in [0, 0.05) is 37.5 Å². The highest BCUT2D eigenvalue weighted by Gasteiger charge is 2.25. The standard InChI is InChI=1S/C20H27N3O2.2ClH/c1-14(21)16-10-12-23(13-11-16)19(24)9-8-18-22-15(2)20(25-18)17-6-4-3-5-7-17;;/h3-7,14,16H,8-13,21H2,1-2H3;2*1H. The second kappa shape index (κ2) is 10.7. The Bertz CT molecular complexity index is 711. The average molecular weight is 414 g/mol. The maximum atomic E-state index is 12.4. The molecule has 7 heteroatoms. The normalized spacial score (nSPS) is 15.6. The molecule has 1 aromatic heterocycles. The number of nitrogens with zero attached hydrogens (tertiary/aromatic N) is 2. The molecule has 2 N–H and O–H groups in total. The van der Waals surface area contributed by atoms with Gasteiger partial charge in [0.25, 0.3) is 0 Å². The van der Waals surface area contributed by atoms with Gasteiger partial charge in [-0.05, 0) is 32.6 Å². The number of carbonyl (C=O) groups excluding carboxylic acids is 1. The predicted molar refractivity (Wildman–Crippen MR) is 112 cm³/mol. The second-order valence-corrected chi connectivity index (χ2v) is 6.97. The fraction of sp³-hybridized carbons (Fsp3) is 0.500. The molecular weight excluding hydrogens is 385 g/mol. The minimum absolute atomic E-state index is 0. The molecule has 0 radical (unpaired) electrons. The maximum absolute atomic E-state index is 12.4. The number of carbonyl (C=O) groups is 1. The Morgan fingerprint density at radius 3 is 2.48 bits per heavy atom. The number of oxazole rings is 1. The molecule has 0 spiro atoms. The molecule has 1 saturated heterocycles. The van der Waals surface area contributed by atoms with Crippen LogP contribution in [0.25, 0.3) is 11.3 Å². The first-order chi connectivity index (χ1) is 12.0. The van der Waals surface area contributed by atoms with Crippen LogP contribution in [0.1, 0.15) is 37.8 Å². The number of benzene rings is 1. The van der Waals surface area contributed by atoms with Crippen molar-refractivity contribution < 1.29 is 9.21 Å². The van der Waals surface area contributed by atoms with E-state index in [4.69, 9.17) is 10.2 Å². The summed E-state index contributed by atoms with van der Waals surface area (Å²) in [5.41, 5.74) is 7.85. The third kappa shape index (κ3) is 5.96. The summed E-state index contributed by atoms with van der Waals surface area (Å²) in [6, 6.07) is 10.2. The van der Waals surface area contributed by atoms with Crippen molar-refractivity contribution in [1.29, 1.82) is 0 Å².